The molecule has 1 aliphatic carbocycles. The van der Waals surface area contributed by atoms with E-state index in [-0.39, 0.29) is 24.5 Å². The summed E-state index contributed by atoms with van der Waals surface area (Å²) in [4.78, 5) is 22.4. The molecule has 0 bridgehead atoms. The van der Waals surface area contributed by atoms with Crippen LogP contribution in [0.4, 0.5) is 4.79 Å². The normalized spacial score (nSPS) is 15.8. The van der Waals surface area contributed by atoms with E-state index >= 15 is 0 Å². The van der Waals surface area contributed by atoms with Crippen LogP contribution in [0.25, 0.3) is 0 Å². The summed E-state index contributed by atoms with van der Waals surface area (Å²) >= 11 is 0. The van der Waals surface area contributed by atoms with E-state index in [0.717, 1.165) is 25.7 Å². The van der Waals surface area contributed by atoms with Crippen LogP contribution in [0, 0.1) is 5.92 Å². The Hall–Kier alpha value is -1.26. The van der Waals surface area contributed by atoms with Crippen LogP contribution in [-0.2, 0) is 9.53 Å². The third-order valence-electron chi connectivity index (χ3n) is 2.66. The Morgan fingerprint density at radius 1 is 1.25 bits per heavy atom. The summed E-state index contributed by atoms with van der Waals surface area (Å²) < 4.78 is 5.07. The molecule has 0 atom stereocenters. The predicted octanol–water partition coefficient (Wildman–Crippen LogP) is 1.04. The van der Waals surface area contributed by atoms with E-state index in [1.165, 1.54) is 0 Å². The summed E-state index contributed by atoms with van der Waals surface area (Å²) in [7, 11) is 0. The third kappa shape index (κ3) is 4.51. The van der Waals surface area contributed by atoms with Gasteiger partial charge in [-0.15, -0.1) is 0 Å². The van der Waals surface area contributed by atoms with Crippen molar-refractivity contribution in [3.05, 3.63) is 0 Å². The molecule has 0 saturated heterocycles. The van der Waals surface area contributed by atoms with Crippen molar-refractivity contribution in [1.82, 2.24) is 10.6 Å². The monoisotopic (exact) mass is 228 g/mol. The molecule has 5 heteroatoms. The van der Waals surface area contributed by atoms with Gasteiger partial charge in [0.15, 0.2) is 0 Å². The smallest absolute Gasteiger partial charge is 0.314 e. The first kappa shape index (κ1) is 12.8. The number of carbonyl (C=O) groups excluding carboxylic acids is 2. The number of nitrogens with one attached hydrogen (secondary N) is 2. The van der Waals surface area contributed by atoms with Gasteiger partial charge in [-0.3, -0.25) is 4.79 Å². The van der Waals surface area contributed by atoms with Gasteiger partial charge in [-0.2, -0.15) is 0 Å². The van der Waals surface area contributed by atoms with E-state index in [1.54, 1.807) is 0 Å². The maximum Gasteiger partial charge on any atom is 0.314 e. The molecule has 2 N–H and O–H groups in total. The molecule has 0 spiro atoms. The molecule has 16 heavy (non-hydrogen) atoms. The minimum absolute atomic E-state index is 0.0875. The Kier molecular flexibility index (Phi) is 5.67. The zero-order valence-electron chi connectivity index (χ0n) is 9.75. The average molecular weight is 228 g/mol. The van der Waals surface area contributed by atoms with Gasteiger partial charge in [0, 0.05) is 6.54 Å². The van der Waals surface area contributed by atoms with Crippen molar-refractivity contribution < 1.29 is 14.3 Å². The summed E-state index contributed by atoms with van der Waals surface area (Å²) in [6.07, 6.45) is 4.14. The minimum atomic E-state index is -0.223. The van der Waals surface area contributed by atoms with Gasteiger partial charge in [0.05, 0.1) is 12.5 Å². The van der Waals surface area contributed by atoms with Crippen molar-refractivity contribution in [1.29, 1.82) is 0 Å². The van der Waals surface area contributed by atoms with E-state index in [9.17, 15) is 9.59 Å². The lowest BCUT2D eigenvalue weighted by atomic mass is 10.1. The van der Waals surface area contributed by atoms with Gasteiger partial charge in [-0.05, 0) is 19.8 Å². The van der Waals surface area contributed by atoms with Crippen molar-refractivity contribution in [3.63, 3.8) is 0 Å². The largest absolute Gasteiger partial charge is 0.464 e. The summed E-state index contributed by atoms with van der Waals surface area (Å²) in [6.45, 7) is 3.06. The van der Waals surface area contributed by atoms with Crippen LogP contribution in [-0.4, -0.2) is 31.7 Å². The first-order valence-electron chi connectivity index (χ1n) is 5.92. The number of rotatable bonds is 5. The summed E-state index contributed by atoms with van der Waals surface area (Å²) in [5, 5.41) is 5.20. The van der Waals surface area contributed by atoms with Crippen LogP contribution >= 0.6 is 0 Å². The van der Waals surface area contributed by atoms with Crippen molar-refractivity contribution in [2.75, 3.05) is 19.7 Å². The van der Waals surface area contributed by atoms with Gasteiger partial charge in [-0.25, -0.2) is 4.79 Å². The number of hydrogen-bond donors (Lipinski definition) is 2. The van der Waals surface area contributed by atoms with E-state index in [0.29, 0.717) is 13.1 Å². The Balaban J connectivity index is 2.02. The maximum absolute atomic E-state index is 11.5. The molecule has 1 aliphatic rings. The van der Waals surface area contributed by atoms with Crippen LogP contribution in [0.5, 0.6) is 0 Å². The zero-order chi connectivity index (χ0) is 11.8. The van der Waals surface area contributed by atoms with E-state index in [4.69, 9.17) is 4.74 Å². The lowest BCUT2D eigenvalue weighted by Gasteiger charge is -2.10. The molecule has 0 aromatic carbocycles. The van der Waals surface area contributed by atoms with Crippen molar-refractivity contribution in [2.24, 2.45) is 5.92 Å². The molecule has 1 saturated carbocycles. The van der Waals surface area contributed by atoms with Crippen LogP contribution in [0.15, 0.2) is 0 Å². The molecule has 1 fully saturated rings. The molecule has 0 unspecified atom stereocenters. The molecule has 0 aromatic rings. The lowest BCUT2D eigenvalue weighted by molar-refractivity contribution is -0.148. The molecule has 92 valence electrons. The molecule has 2 amide bonds. The molecule has 0 aromatic heterocycles. The van der Waals surface area contributed by atoms with Crippen LogP contribution < -0.4 is 10.6 Å². The molecular weight excluding hydrogens is 208 g/mol. The van der Waals surface area contributed by atoms with Crippen LogP contribution in [0.1, 0.15) is 32.6 Å². The second-order valence-corrected chi connectivity index (χ2v) is 3.94. The van der Waals surface area contributed by atoms with Crippen molar-refractivity contribution in [2.45, 2.75) is 32.6 Å². The summed E-state index contributed by atoms with van der Waals surface area (Å²) in [6, 6.07) is -0.223. The molecule has 1 rings (SSSR count). The predicted molar refractivity (Wildman–Crippen MR) is 60.0 cm³/mol. The number of amides is 2. The van der Waals surface area contributed by atoms with Gasteiger partial charge in [0.1, 0.15) is 6.61 Å². The highest BCUT2D eigenvalue weighted by atomic mass is 16.5. The van der Waals surface area contributed by atoms with Crippen LogP contribution in [0.2, 0.25) is 0 Å². The second-order valence-electron chi connectivity index (χ2n) is 3.94. The first-order valence-corrected chi connectivity index (χ1v) is 5.92. The van der Waals surface area contributed by atoms with E-state index in [2.05, 4.69) is 10.6 Å². The fourth-order valence-corrected chi connectivity index (χ4v) is 1.82. The number of carbonyl (C=O) groups is 2. The van der Waals surface area contributed by atoms with Crippen molar-refractivity contribution >= 4 is 12.0 Å². The van der Waals surface area contributed by atoms with Gasteiger partial charge in [0.2, 0.25) is 0 Å². The quantitative estimate of drug-likeness (QED) is 0.545. The Morgan fingerprint density at radius 2 is 1.94 bits per heavy atom. The molecule has 5 nitrogen and oxygen atoms in total. The maximum atomic E-state index is 11.5. The molecular formula is C11H20N2O3. The lowest BCUT2D eigenvalue weighted by Crippen LogP contribution is -2.37. The summed E-state index contributed by atoms with van der Waals surface area (Å²) in [5.41, 5.74) is 0. The number of hydrogen-bond acceptors (Lipinski definition) is 3. The standard InChI is InChI=1S/C11H20N2O3/c1-2-12-11(15)13-7-8-16-10(14)9-5-3-4-6-9/h9H,2-8H2,1H3,(H2,12,13,15). The second kappa shape index (κ2) is 7.09. The van der Waals surface area contributed by atoms with Gasteiger partial charge < -0.3 is 15.4 Å². The Bertz CT molecular complexity index is 237. The number of urea groups is 1. The van der Waals surface area contributed by atoms with Crippen molar-refractivity contribution in [3.8, 4) is 0 Å². The molecule has 0 radical (unpaired) electrons. The SMILES string of the molecule is CCNC(=O)NCCOC(=O)C1CCCC1. The number of ether oxygens (including phenoxy) is 1. The number of esters is 1. The highest BCUT2D eigenvalue weighted by Gasteiger charge is 2.23. The van der Waals surface area contributed by atoms with Gasteiger partial charge in [-0.1, -0.05) is 12.8 Å². The highest BCUT2D eigenvalue weighted by molar-refractivity contribution is 5.74. The Labute approximate surface area is 95.9 Å². The minimum Gasteiger partial charge on any atom is -0.464 e. The fourth-order valence-electron chi connectivity index (χ4n) is 1.82. The van der Waals surface area contributed by atoms with E-state index in [1.807, 2.05) is 6.92 Å². The first-order chi connectivity index (χ1) is 7.74. The summed E-state index contributed by atoms with van der Waals surface area (Å²) in [5.74, 6) is -0.0281. The fraction of sp³-hybridized carbons (Fsp3) is 0.818. The average Bonchev–Trinajstić information content (AvgIpc) is 2.78. The van der Waals surface area contributed by atoms with E-state index < -0.39 is 0 Å². The highest BCUT2D eigenvalue weighted by Crippen LogP contribution is 2.25. The van der Waals surface area contributed by atoms with Crippen LogP contribution in [0.3, 0.4) is 0 Å². The van der Waals surface area contributed by atoms with Gasteiger partial charge >= 0.3 is 12.0 Å². The zero-order valence-corrected chi connectivity index (χ0v) is 9.75. The Morgan fingerprint density at radius 3 is 2.56 bits per heavy atom. The molecule has 0 aliphatic heterocycles. The van der Waals surface area contributed by atoms with Gasteiger partial charge in [0.25, 0.3) is 0 Å². The molecule has 0 heterocycles. The third-order valence-corrected chi connectivity index (χ3v) is 2.66. The topological polar surface area (TPSA) is 67.4 Å².